The van der Waals surface area contributed by atoms with Crippen LogP contribution in [-0.2, 0) is 9.73 Å². The van der Waals surface area contributed by atoms with E-state index in [1.54, 1.807) is 5.48 Å². The van der Waals surface area contributed by atoms with Crippen LogP contribution in [0, 0.1) is 10.1 Å². The van der Waals surface area contributed by atoms with Crippen molar-refractivity contribution in [2.75, 3.05) is 0 Å². The summed E-state index contributed by atoms with van der Waals surface area (Å²) in [5, 5.41) is 8.54. The summed E-state index contributed by atoms with van der Waals surface area (Å²) in [4.78, 5) is 23.9. The molecule has 12 heavy (non-hydrogen) atoms. The van der Waals surface area contributed by atoms with E-state index in [1.807, 2.05) is 6.92 Å². The summed E-state index contributed by atoms with van der Waals surface area (Å²) >= 11 is 0. The molecular formula is C6H12N2O4. The molecule has 0 fully saturated rings. The van der Waals surface area contributed by atoms with Gasteiger partial charge in [-0.1, -0.05) is 19.8 Å². The summed E-state index contributed by atoms with van der Waals surface area (Å²) in [5.74, 6) is -0.458. The van der Waals surface area contributed by atoms with Gasteiger partial charge < -0.3 is 0 Å². The molecule has 0 aromatic rings. The molecule has 0 heterocycles. The Morgan fingerprint density at radius 2 is 2.25 bits per heavy atom. The lowest BCUT2D eigenvalue weighted by Gasteiger charge is -1.99. The fraction of sp³-hybridized carbons (Fsp3) is 0.833. The molecule has 0 unspecified atom stereocenters. The predicted octanol–water partition coefficient (Wildman–Crippen LogP) is 0.806. The van der Waals surface area contributed by atoms with Gasteiger partial charge in [0.2, 0.25) is 5.91 Å². The minimum atomic E-state index is -1.06. The maximum Gasteiger partial charge on any atom is 0.316 e. The molecule has 0 spiro atoms. The highest BCUT2D eigenvalue weighted by Crippen LogP contribution is 1.97. The molecule has 0 aliphatic carbocycles. The summed E-state index contributed by atoms with van der Waals surface area (Å²) in [7, 11) is 0. The van der Waals surface area contributed by atoms with Crippen LogP contribution in [0.3, 0.4) is 0 Å². The van der Waals surface area contributed by atoms with Gasteiger partial charge in [-0.15, -0.1) is 10.1 Å². The first-order chi connectivity index (χ1) is 5.66. The van der Waals surface area contributed by atoms with Gasteiger partial charge in [-0.05, 0) is 6.42 Å². The zero-order chi connectivity index (χ0) is 9.40. The molecule has 1 N–H and O–H groups in total. The van der Waals surface area contributed by atoms with E-state index in [-0.39, 0.29) is 6.42 Å². The maximum absolute atomic E-state index is 10.7. The maximum atomic E-state index is 10.7. The number of nitrogens with zero attached hydrogens (tertiary/aromatic N) is 1. The van der Waals surface area contributed by atoms with Gasteiger partial charge in [0, 0.05) is 6.42 Å². The summed E-state index contributed by atoms with van der Waals surface area (Å²) in [5.41, 5.74) is 1.70. The van der Waals surface area contributed by atoms with E-state index in [2.05, 4.69) is 4.94 Å². The smallest absolute Gasteiger partial charge is 0.273 e. The Hall–Kier alpha value is -1.33. The summed E-state index contributed by atoms with van der Waals surface area (Å²) in [6.07, 6.45) is 2.93. The van der Waals surface area contributed by atoms with Crippen LogP contribution < -0.4 is 5.48 Å². The Labute approximate surface area is 69.9 Å². The zero-order valence-corrected chi connectivity index (χ0v) is 6.91. The largest absolute Gasteiger partial charge is 0.316 e. The first-order valence-electron chi connectivity index (χ1n) is 3.77. The topological polar surface area (TPSA) is 81.5 Å². The van der Waals surface area contributed by atoms with E-state index in [4.69, 9.17) is 0 Å². The lowest BCUT2D eigenvalue weighted by Crippen LogP contribution is -2.26. The lowest BCUT2D eigenvalue weighted by atomic mass is 10.2. The van der Waals surface area contributed by atoms with Gasteiger partial charge in [0.05, 0.1) is 0 Å². The highest BCUT2D eigenvalue weighted by Gasteiger charge is 2.01. The minimum absolute atomic E-state index is 0.266. The number of hydroxylamine groups is 1. The number of hydrogen-bond acceptors (Lipinski definition) is 4. The van der Waals surface area contributed by atoms with Crippen LogP contribution in [0.4, 0.5) is 0 Å². The molecule has 0 saturated carbocycles. The summed E-state index contributed by atoms with van der Waals surface area (Å²) < 4.78 is 0. The van der Waals surface area contributed by atoms with Crippen molar-refractivity contribution in [2.45, 2.75) is 32.6 Å². The second kappa shape index (κ2) is 6.38. The highest BCUT2D eigenvalue weighted by molar-refractivity contribution is 5.74. The third-order valence-electron chi connectivity index (χ3n) is 1.24. The molecule has 6 heteroatoms. The number of hydrogen-bond donors (Lipinski definition) is 1. The van der Waals surface area contributed by atoms with Crippen molar-refractivity contribution in [3.8, 4) is 0 Å². The molecule has 6 nitrogen and oxygen atoms in total. The molecule has 1 amide bonds. The Kier molecular flexibility index (Phi) is 5.68. The van der Waals surface area contributed by atoms with Crippen LogP contribution in [-0.4, -0.2) is 11.0 Å². The van der Waals surface area contributed by atoms with Crippen molar-refractivity contribution in [1.29, 1.82) is 0 Å². The van der Waals surface area contributed by atoms with Crippen molar-refractivity contribution in [2.24, 2.45) is 0 Å². The van der Waals surface area contributed by atoms with Gasteiger partial charge in [-0.25, -0.2) is 0 Å². The number of nitrogens with one attached hydrogen (secondary N) is 1. The number of rotatable bonds is 6. The van der Waals surface area contributed by atoms with E-state index in [0.29, 0.717) is 0 Å². The third kappa shape index (κ3) is 6.79. The fourth-order valence-electron chi connectivity index (χ4n) is 0.675. The molecule has 0 saturated heterocycles. The normalized spacial score (nSPS) is 9.08. The highest BCUT2D eigenvalue weighted by atomic mass is 17.0. The first-order valence-corrected chi connectivity index (χ1v) is 3.77. The van der Waals surface area contributed by atoms with Gasteiger partial charge in [-0.3, -0.25) is 4.79 Å². The van der Waals surface area contributed by atoms with E-state index in [1.165, 1.54) is 0 Å². The van der Waals surface area contributed by atoms with E-state index >= 15 is 0 Å². The van der Waals surface area contributed by atoms with Crippen LogP contribution in [0.25, 0.3) is 0 Å². The minimum Gasteiger partial charge on any atom is -0.273 e. The molecular weight excluding hydrogens is 164 g/mol. The third-order valence-corrected chi connectivity index (χ3v) is 1.24. The number of amides is 1. The van der Waals surface area contributed by atoms with Crippen LogP contribution in [0.15, 0.2) is 0 Å². The van der Waals surface area contributed by atoms with Gasteiger partial charge in [0.15, 0.2) is 0 Å². The summed E-state index contributed by atoms with van der Waals surface area (Å²) in [6, 6.07) is 0. The Bertz CT molecular complexity index is 160. The summed E-state index contributed by atoms with van der Waals surface area (Å²) in [6.45, 7) is 2.01. The molecule has 0 rings (SSSR count). The second-order valence-corrected chi connectivity index (χ2v) is 2.30. The SMILES string of the molecule is CCCCCC(=O)NO[N+](=O)[O-]. The molecule has 0 aromatic heterocycles. The van der Waals surface area contributed by atoms with Gasteiger partial charge in [-0.2, -0.15) is 10.4 Å². The standard InChI is InChI=1S/C6H12N2O4/c1-2-3-4-5-6(9)7-12-8(10)11/h2-5H2,1H3,(H,7,9). The van der Waals surface area contributed by atoms with Gasteiger partial charge >= 0.3 is 5.09 Å². The molecule has 0 aliphatic heterocycles. The predicted molar refractivity (Wildman–Crippen MR) is 40.4 cm³/mol. The van der Waals surface area contributed by atoms with Crippen LogP contribution in [0.1, 0.15) is 32.6 Å². The molecule has 70 valence electrons. The Morgan fingerprint density at radius 1 is 1.58 bits per heavy atom. The van der Waals surface area contributed by atoms with Crippen LogP contribution >= 0.6 is 0 Å². The number of carbonyl (C=O) groups excluding carboxylic acids is 1. The monoisotopic (exact) mass is 176 g/mol. The van der Waals surface area contributed by atoms with Gasteiger partial charge in [0.1, 0.15) is 0 Å². The molecule has 0 radical (unpaired) electrons. The Balaban J connectivity index is 3.28. The molecule has 0 aliphatic rings. The van der Waals surface area contributed by atoms with E-state index in [0.717, 1.165) is 19.3 Å². The van der Waals surface area contributed by atoms with Crippen molar-refractivity contribution in [1.82, 2.24) is 5.48 Å². The number of unbranched alkanes of at least 4 members (excludes halogenated alkanes) is 2. The van der Waals surface area contributed by atoms with Crippen LogP contribution in [0.5, 0.6) is 0 Å². The van der Waals surface area contributed by atoms with Crippen molar-refractivity contribution in [3.05, 3.63) is 10.1 Å². The number of carbonyl (C=O) groups is 1. The molecule has 0 aromatic carbocycles. The average Bonchev–Trinajstić information content (AvgIpc) is 2.01. The van der Waals surface area contributed by atoms with Crippen LogP contribution in [0.2, 0.25) is 0 Å². The Morgan fingerprint density at radius 3 is 2.75 bits per heavy atom. The quantitative estimate of drug-likeness (QED) is 0.368. The average molecular weight is 176 g/mol. The second-order valence-electron chi connectivity index (χ2n) is 2.30. The molecule has 0 atom stereocenters. The zero-order valence-electron chi connectivity index (χ0n) is 6.91. The molecule has 0 bridgehead atoms. The van der Waals surface area contributed by atoms with Crippen molar-refractivity contribution >= 4 is 5.91 Å². The van der Waals surface area contributed by atoms with Crippen molar-refractivity contribution in [3.63, 3.8) is 0 Å². The first kappa shape index (κ1) is 10.7. The van der Waals surface area contributed by atoms with E-state index < -0.39 is 11.0 Å². The van der Waals surface area contributed by atoms with E-state index in [9.17, 15) is 14.9 Å². The van der Waals surface area contributed by atoms with Crippen molar-refractivity contribution < 1.29 is 14.8 Å². The van der Waals surface area contributed by atoms with Gasteiger partial charge in [0.25, 0.3) is 0 Å². The lowest BCUT2D eigenvalue weighted by molar-refractivity contribution is -0.772. The fourth-order valence-corrected chi connectivity index (χ4v) is 0.675.